The summed E-state index contributed by atoms with van der Waals surface area (Å²) in [5, 5.41) is 21.5. The maximum absolute atomic E-state index is 12.0. The van der Waals surface area contributed by atoms with Crippen molar-refractivity contribution in [3.8, 4) is 11.5 Å². The molecule has 0 fully saturated rings. The third kappa shape index (κ3) is 3.43. The molecule has 0 bridgehead atoms. The van der Waals surface area contributed by atoms with E-state index >= 15 is 0 Å². The molecule has 7 heteroatoms. The van der Waals surface area contributed by atoms with E-state index in [9.17, 15) is 14.7 Å². The third-order valence-corrected chi connectivity index (χ3v) is 2.83. The van der Waals surface area contributed by atoms with Crippen LogP contribution in [-0.4, -0.2) is 39.7 Å². The molecule has 0 unspecified atom stereocenters. The van der Waals surface area contributed by atoms with E-state index in [-0.39, 0.29) is 17.5 Å². The van der Waals surface area contributed by atoms with Gasteiger partial charge in [-0.3, -0.25) is 9.59 Å². The molecular formula is C15H16N2O5. The van der Waals surface area contributed by atoms with Crippen molar-refractivity contribution in [2.24, 2.45) is 0 Å². The Hall–Kier alpha value is -2.83. The summed E-state index contributed by atoms with van der Waals surface area (Å²) in [5.74, 6) is -1.32. The van der Waals surface area contributed by atoms with Crippen molar-refractivity contribution in [3.63, 3.8) is 0 Å². The first-order valence-corrected chi connectivity index (χ1v) is 6.67. The van der Waals surface area contributed by atoms with Crippen LogP contribution < -0.4 is 10.1 Å². The topological polar surface area (TPSA) is 109 Å². The Morgan fingerprint density at radius 3 is 2.68 bits per heavy atom. The Morgan fingerprint density at radius 2 is 2.05 bits per heavy atom. The van der Waals surface area contributed by atoms with Crippen LogP contribution in [0.4, 0.5) is 0 Å². The summed E-state index contributed by atoms with van der Waals surface area (Å²) in [6, 6.07) is 4.90. The van der Waals surface area contributed by atoms with E-state index < -0.39 is 18.4 Å². The fraction of sp³-hybridized carbons (Fsp3) is 0.267. The van der Waals surface area contributed by atoms with Crippen molar-refractivity contribution in [1.82, 2.24) is 10.3 Å². The van der Waals surface area contributed by atoms with Crippen LogP contribution in [0.5, 0.6) is 11.5 Å². The number of aromatic nitrogens is 1. The molecule has 0 saturated carbocycles. The molecule has 22 heavy (non-hydrogen) atoms. The van der Waals surface area contributed by atoms with E-state index in [1.54, 1.807) is 18.2 Å². The second kappa shape index (κ2) is 6.30. The lowest BCUT2D eigenvalue weighted by Gasteiger charge is -2.12. The zero-order valence-electron chi connectivity index (χ0n) is 12.2. The smallest absolute Gasteiger partial charge is 0.322 e. The Labute approximate surface area is 126 Å². The number of carboxylic acid groups (broad SMARTS) is 1. The van der Waals surface area contributed by atoms with Crippen molar-refractivity contribution in [1.29, 1.82) is 0 Å². The van der Waals surface area contributed by atoms with Gasteiger partial charge in [0.05, 0.1) is 12.3 Å². The average molecular weight is 304 g/mol. The molecule has 0 spiro atoms. The van der Waals surface area contributed by atoms with Gasteiger partial charge in [-0.25, -0.2) is 4.98 Å². The number of benzene rings is 1. The highest BCUT2D eigenvalue weighted by molar-refractivity contribution is 6.07. The molecular weight excluding hydrogens is 288 g/mol. The van der Waals surface area contributed by atoms with Gasteiger partial charge in [0.15, 0.2) is 0 Å². The average Bonchev–Trinajstić information content (AvgIpc) is 2.44. The molecule has 0 aliphatic carbocycles. The minimum Gasteiger partial charge on any atom is -0.506 e. The summed E-state index contributed by atoms with van der Waals surface area (Å²) < 4.78 is 5.56. The predicted octanol–water partition coefficient (Wildman–Crippen LogP) is 1.54. The fourth-order valence-corrected chi connectivity index (χ4v) is 1.97. The van der Waals surface area contributed by atoms with Crippen LogP contribution in [0.15, 0.2) is 24.4 Å². The van der Waals surface area contributed by atoms with E-state index in [0.29, 0.717) is 16.5 Å². The first-order chi connectivity index (χ1) is 10.4. The number of nitrogens with zero attached hydrogens (tertiary/aromatic N) is 1. The second-order valence-electron chi connectivity index (χ2n) is 4.94. The van der Waals surface area contributed by atoms with Gasteiger partial charge in [-0.15, -0.1) is 0 Å². The van der Waals surface area contributed by atoms with Gasteiger partial charge in [-0.05, 0) is 32.0 Å². The second-order valence-corrected chi connectivity index (χ2v) is 4.94. The largest absolute Gasteiger partial charge is 0.506 e. The maximum Gasteiger partial charge on any atom is 0.322 e. The Balaban J connectivity index is 2.46. The van der Waals surface area contributed by atoms with Gasteiger partial charge in [-0.2, -0.15) is 0 Å². The normalized spacial score (nSPS) is 10.7. The number of carbonyl (C=O) groups is 2. The van der Waals surface area contributed by atoms with Gasteiger partial charge >= 0.3 is 5.97 Å². The van der Waals surface area contributed by atoms with Crippen molar-refractivity contribution in [3.05, 3.63) is 30.1 Å². The number of hydrogen-bond donors (Lipinski definition) is 3. The van der Waals surface area contributed by atoms with E-state index in [2.05, 4.69) is 10.3 Å². The highest BCUT2D eigenvalue weighted by Gasteiger charge is 2.16. The molecule has 116 valence electrons. The number of rotatable bonds is 5. The molecule has 2 rings (SSSR count). The number of fused-ring (bicyclic) bond motifs is 1. The van der Waals surface area contributed by atoms with E-state index in [1.165, 1.54) is 0 Å². The Bertz CT molecular complexity index is 727. The predicted molar refractivity (Wildman–Crippen MR) is 79.1 cm³/mol. The van der Waals surface area contributed by atoms with Crippen LogP contribution in [0.2, 0.25) is 0 Å². The summed E-state index contributed by atoms with van der Waals surface area (Å²) in [5.41, 5.74) is 0.0308. The summed E-state index contributed by atoms with van der Waals surface area (Å²) >= 11 is 0. The minimum absolute atomic E-state index is 0.0308. The molecule has 7 nitrogen and oxygen atoms in total. The lowest BCUT2D eigenvalue weighted by atomic mass is 10.1. The number of ether oxygens (including phenoxy) is 1. The molecule has 1 aromatic heterocycles. The first kappa shape index (κ1) is 15.6. The van der Waals surface area contributed by atoms with Gasteiger partial charge in [0, 0.05) is 10.8 Å². The van der Waals surface area contributed by atoms with Gasteiger partial charge < -0.3 is 20.3 Å². The molecule has 1 amide bonds. The molecule has 3 N–H and O–H groups in total. The van der Waals surface area contributed by atoms with E-state index in [0.717, 1.165) is 6.20 Å². The quantitative estimate of drug-likeness (QED) is 0.773. The van der Waals surface area contributed by atoms with E-state index in [1.807, 2.05) is 13.8 Å². The number of aliphatic carboxylic acids is 1. The molecule has 1 aromatic carbocycles. The van der Waals surface area contributed by atoms with Crippen molar-refractivity contribution < 1.29 is 24.5 Å². The first-order valence-electron chi connectivity index (χ1n) is 6.67. The van der Waals surface area contributed by atoms with Crippen molar-refractivity contribution in [2.75, 3.05) is 6.54 Å². The van der Waals surface area contributed by atoms with Gasteiger partial charge in [0.2, 0.25) is 0 Å². The van der Waals surface area contributed by atoms with E-state index in [4.69, 9.17) is 9.84 Å². The van der Waals surface area contributed by atoms with Crippen molar-refractivity contribution in [2.45, 2.75) is 20.0 Å². The van der Waals surface area contributed by atoms with Crippen LogP contribution in [0.25, 0.3) is 10.8 Å². The molecule has 0 saturated heterocycles. The number of carbonyl (C=O) groups excluding carboxylic acids is 1. The molecule has 1 heterocycles. The molecule has 0 aliphatic rings. The number of carboxylic acids is 1. The zero-order chi connectivity index (χ0) is 16.3. The SMILES string of the molecule is CC(C)Oc1ccc2c(O)cnc(C(=O)NCC(=O)O)c2c1. The summed E-state index contributed by atoms with van der Waals surface area (Å²) in [6.45, 7) is 3.22. The van der Waals surface area contributed by atoms with Crippen LogP contribution in [0.3, 0.4) is 0 Å². The monoisotopic (exact) mass is 304 g/mol. The van der Waals surface area contributed by atoms with Gasteiger partial charge in [0.1, 0.15) is 23.7 Å². The lowest BCUT2D eigenvalue weighted by molar-refractivity contribution is -0.135. The van der Waals surface area contributed by atoms with Crippen LogP contribution in [-0.2, 0) is 4.79 Å². The number of hydrogen-bond acceptors (Lipinski definition) is 5. The summed E-state index contributed by atoms with van der Waals surface area (Å²) in [4.78, 5) is 26.5. The number of aromatic hydroxyl groups is 1. The Kier molecular flexibility index (Phi) is 4.45. The maximum atomic E-state index is 12.0. The Morgan fingerprint density at radius 1 is 1.32 bits per heavy atom. The van der Waals surface area contributed by atoms with Crippen molar-refractivity contribution >= 4 is 22.6 Å². The summed E-state index contributed by atoms with van der Waals surface area (Å²) in [7, 11) is 0. The third-order valence-electron chi connectivity index (χ3n) is 2.83. The molecule has 0 aliphatic heterocycles. The number of nitrogens with one attached hydrogen (secondary N) is 1. The molecule has 2 aromatic rings. The zero-order valence-corrected chi connectivity index (χ0v) is 12.2. The van der Waals surface area contributed by atoms with Gasteiger partial charge in [-0.1, -0.05) is 0 Å². The number of amides is 1. The molecule has 0 radical (unpaired) electrons. The lowest BCUT2D eigenvalue weighted by Crippen LogP contribution is -2.30. The van der Waals surface area contributed by atoms with Crippen LogP contribution >= 0.6 is 0 Å². The van der Waals surface area contributed by atoms with Crippen LogP contribution in [0, 0.1) is 0 Å². The fourth-order valence-electron chi connectivity index (χ4n) is 1.97. The van der Waals surface area contributed by atoms with Crippen LogP contribution in [0.1, 0.15) is 24.3 Å². The van der Waals surface area contributed by atoms with Gasteiger partial charge in [0.25, 0.3) is 5.91 Å². The minimum atomic E-state index is -1.15. The number of pyridine rings is 1. The highest BCUT2D eigenvalue weighted by Crippen LogP contribution is 2.29. The highest BCUT2D eigenvalue weighted by atomic mass is 16.5. The molecule has 0 atom stereocenters. The summed E-state index contributed by atoms with van der Waals surface area (Å²) in [6.07, 6.45) is 1.10. The standard InChI is InChI=1S/C15H16N2O5/c1-8(2)22-9-3-4-10-11(5-9)14(16-6-12(10)18)15(21)17-7-13(19)20/h3-6,8,18H,7H2,1-2H3,(H,17,21)(H,19,20).